The summed E-state index contributed by atoms with van der Waals surface area (Å²) in [4.78, 5) is 12.0. The van der Waals surface area contributed by atoms with E-state index in [1.165, 1.54) is 7.11 Å². The highest BCUT2D eigenvalue weighted by Gasteiger charge is 2.39. The Kier molecular flexibility index (Phi) is 8.22. The number of benzene rings is 1. The Morgan fingerprint density at radius 1 is 1.27 bits per heavy atom. The first-order valence-corrected chi connectivity index (χ1v) is 11.2. The summed E-state index contributed by atoms with van der Waals surface area (Å²) >= 11 is 1.56. The highest BCUT2D eigenvalue weighted by Crippen LogP contribution is 2.37. The van der Waals surface area contributed by atoms with Gasteiger partial charge in [0.05, 0.1) is 19.3 Å². The lowest BCUT2D eigenvalue weighted by Gasteiger charge is -2.19. The molecular formula is C24H30O5S. The fourth-order valence-corrected chi connectivity index (χ4v) is 5.05. The lowest BCUT2D eigenvalue weighted by Crippen LogP contribution is -2.20. The van der Waals surface area contributed by atoms with Crippen LogP contribution in [-0.2, 0) is 9.53 Å². The molecule has 1 heterocycles. The van der Waals surface area contributed by atoms with Gasteiger partial charge in [-0.15, -0.1) is 11.3 Å². The van der Waals surface area contributed by atoms with Gasteiger partial charge in [0.2, 0.25) is 0 Å². The number of methoxy groups -OCH3 is 1. The van der Waals surface area contributed by atoms with Crippen LogP contribution in [0.2, 0.25) is 0 Å². The second kappa shape index (κ2) is 10.9. The number of thiophene rings is 1. The van der Waals surface area contributed by atoms with Gasteiger partial charge in [-0.25, -0.2) is 0 Å². The van der Waals surface area contributed by atoms with E-state index in [9.17, 15) is 20.1 Å². The van der Waals surface area contributed by atoms with Crippen LogP contribution in [0.15, 0.2) is 54.6 Å². The van der Waals surface area contributed by atoms with E-state index in [4.69, 9.17) is 0 Å². The number of rotatable bonds is 9. The minimum Gasteiger partial charge on any atom is -0.469 e. The number of hydrogen-bond acceptors (Lipinski definition) is 6. The second-order valence-electron chi connectivity index (χ2n) is 7.80. The highest BCUT2D eigenvalue weighted by molar-refractivity contribution is 7.19. The van der Waals surface area contributed by atoms with E-state index >= 15 is 0 Å². The molecule has 0 bridgehead atoms. The molecule has 1 aromatic heterocycles. The molecule has 0 saturated heterocycles. The molecule has 162 valence electrons. The molecule has 1 aliphatic rings. The Morgan fingerprint density at radius 2 is 2.07 bits per heavy atom. The third-order valence-corrected chi connectivity index (χ3v) is 6.91. The topological polar surface area (TPSA) is 87.0 Å². The van der Waals surface area contributed by atoms with Crippen LogP contribution in [0.5, 0.6) is 0 Å². The van der Waals surface area contributed by atoms with Crippen molar-refractivity contribution in [1.82, 2.24) is 0 Å². The molecule has 30 heavy (non-hydrogen) atoms. The lowest BCUT2D eigenvalue weighted by atomic mass is 9.89. The molecule has 3 N–H and O–H groups in total. The maximum absolute atomic E-state index is 11.1. The van der Waals surface area contributed by atoms with Crippen LogP contribution < -0.4 is 0 Å². The number of ether oxygens (including phenoxy) is 1. The smallest absolute Gasteiger partial charge is 0.305 e. The van der Waals surface area contributed by atoms with Gasteiger partial charge in [0.1, 0.15) is 6.10 Å². The predicted molar refractivity (Wildman–Crippen MR) is 119 cm³/mol. The van der Waals surface area contributed by atoms with Gasteiger partial charge in [0.25, 0.3) is 0 Å². The number of fused-ring (bicyclic) bond motifs is 1. The van der Waals surface area contributed by atoms with Crippen molar-refractivity contribution >= 4 is 27.4 Å². The number of carbonyl (C=O) groups is 1. The maximum atomic E-state index is 11.1. The largest absolute Gasteiger partial charge is 0.469 e. The molecule has 1 aliphatic carbocycles. The Hall–Kier alpha value is -1.99. The van der Waals surface area contributed by atoms with Crippen molar-refractivity contribution in [3.05, 3.63) is 59.5 Å². The van der Waals surface area contributed by atoms with Gasteiger partial charge < -0.3 is 20.1 Å². The zero-order valence-corrected chi connectivity index (χ0v) is 18.0. The molecule has 5 nitrogen and oxygen atoms in total. The van der Waals surface area contributed by atoms with Crippen molar-refractivity contribution in [3.63, 3.8) is 0 Å². The molecule has 0 unspecified atom stereocenters. The van der Waals surface area contributed by atoms with Gasteiger partial charge >= 0.3 is 5.97 Å². The van der Waals surface area contributed by atoms with Crippen molar-refractivity contribution in [2.75, 3.05) is 7.11 Å². The maximum Gasteiger partial charge on any atom is 0.305 e. The number of aliphatic hydroxyl groups is 3. The quantitative estimate of drug-likeness (QED) is 0.316. The average Bonchev–Trinajstić information content (AvgIpc) is 3.29. The molecule has 0 aliphatic heterocycles. The van der Waals surface area contributed by atoms with Gasteiger partial charge in [-0.2, -0.15) is 0 Å². The van der Waals surface area contributed by atoms with E-state index in [-0.39, 0.29) is 17.8 Å². The van der Waals surface area contributed by atoms with E-state index in [0.29, 0.717) is 19.3 Å². The summed E-state index contributed by atoms with van der Waals surface area (Å²) in [6.07, 6.45) is 8.54. The van der Waals surface area contributed by atoms with Crippen LogP contribution in [0, 0.1) is 11.8 Å². The van der Waals surface area contributed by atoms with Crippen LogP contribution in [0.1, 0.15) is 43.1 Å². The van der Waals surface area contributed by atoms with Crippen LogP contribution in [0.25, 0.3) is 10.1 Å². The molecular weight excluding hydrogens is 400 g/mol. The number of aliphatic hydroxyl groups excluding tert-OH is 3. The zero-order valence-electron chi connectivity index (χ0n) is 17.2. The Bertz CT molecular complexity index is 854. The summed E-state index contributed by atoms with van der Waals surface area (Å²) in [7, 11) is 1.39. The molecule has 6 heteroatoms. The third-order valence-electron chi connectivity index (χ3n) is 5.72. The lowest BCUT2D eigenvalue weighted by molar-refractivity contribution is -0.140. The third kappa shape index (κ3) is 5.79. The van der Waals surface area contributed by atoms with Crippen LogP contribution >= 0.6 is 11.3 Å². The Labute approximate surface area is 181 Å². The van der Waals surface area contributed by atoms with E-state index in [2.05, 4.69) is 4.74 Å². The minimum atomic E-state index is -0.734. The molecule has 0 radical (unpaired) electrons. The van der Waals surface area contributed by atoms with Crippen molar-refractivity contribution in [3.8, 4) is 0 Å². The van der Waals surface area contributed by atoms with E-state index in [1.807, 2.05) is 48.6 Å². The number of allylic oxidation sites excluding steroid dienone is 2. The monoisotopic (exact) mass is 430 g/mol. The van der Waals surface area contributed by atoms with Crippen molar-refractivity contribution < 1.29 is 24.9 Å². The van der Waals surface area contributed by atoms with Gasteiger partial charge in [-0.05, 0) is 42.7 Å². The summed E-state index contributed by atoms with van der Waals surface area (Å²) in [5.41, 5.74) is 0. The van der Waals surface area contributed by atoms with Crippen molar-refractivity contribution in [1.29, 1.82) is 0 Å². The molecule has 0 spiro atoms. The van der Waals surface area contributed by atoms with Crippen molar-refractivity contribution in [2.24, 2.45) is 11.8 Å². The van der Waals surface area contributed by atoms with Crippen molar-refractivity contribution in [2.45, 2.75) is 50.4 Å². The fourth-order valence-electron chi connectivity index (χ4n) is 4.02. The average molecular weight is 431 g/mol. The normalized spacial score (nSPS) is 25.5. The molecule has 5 atom stereocenters. The molecule has 1 aromatic carbocycles. The standard InChI is InChI=1S/C24H30O5S/c1-29-24(28)11-5-3-2-4-9-17-18(21(27)15-20(17)26)12-13-19(25)23-14-16-8-6-7-10-22(16)30-23/h2,4,6-8,10,12-14,17-21,25-27H,3,5,9,11,15H2,1H3/b4-2-,13-12+/t17-,18-,19-,20+,21-/m1/s1. The number of hydrogen-bond donors (Lipinski definition) is 3. The number of esters is 1. The summed E-state index contributed by atoms with van der Waals surface area (Å²) in [5, 5.41) is 32.5. The summed E-state index contributed by atoms with van der Waals surface area (Å²) < 4.78 is 5.75. The molecule has 0 amide bonds. The first-order chi connectivity index (χ1) is 14.5. The minimum absolute atomic E-state index is 0.0947. The van der Waals surface area contributed by atoms with Gasteiger partial charge in [-0.1, -0.05) is 42.5 Å². The second-order valence-corrected chi connectivity index (χ2v) is 8.92. The summed E-state index contributed by atoms with van der Waals surface area (Å²) in [5.74, 6) is -0.508. The van der Waals surface area contributed by atoms with Crippen LogP contribution in [0.4, 0.5) is 0 Å². The summed E-state index contributed by atoms with van der Waals surface area (Å²) in [6.45, 7) is 0. The first-order valence-electron chi connectivity index (χ1n) is 10.4. The van der Waals surface area contributed by atoms with Gasteiger partial charge in [-0.3, -0.25) is 4.79 Å². The predicted octanol–water partition coefficient (Wildman–Crippen LogP) is 4.14. The number of carbonyl (C=O) groups excluding carboxylic acids is 1. The van der Waals surface area contributed by atoms with E-state index < -0.39 is 18.3 Å². The fraction of sp³-hybridized carbons (Fsp3) is 0.458. The van der Waals surface area contributed by atoms with Crippen LogP contribution in [0.3, 0.4) is 0 Å². The summed E-state index contributed by atoms with van der Waals surface area (Å²) in [6, 6.07) is 10.0. The Balaban J connectivity index is 1.57. The van der Waals surface area contributed by atoms with Crippen LogP contribution in [-0.4, -0.2) is 40.6 Å². The van der Waals surface area contributed by atoms with E-state index in [1.54, 1.807) is 17.4 Å². The highest BCUT2D eigenvalue weighted by atomic mass is 32.1. The SMILES string of the molecule is COC(=O)CCC/C=C\C[C@@H]1[C@@H](/C=C/[C@@H](O)c2cc3ccccc3s2)[C@H](O)C[C@@H]1O. The molecule has 1 fully saturated rings. The molecule has 2 aromatic rings. The Morgan fingerprint density at radius 3 is 2.83 bits per heavy atom. The zero-order chi connectivity index (χ0) is 21.5. The van der Waals surface area contributed by atoms with E-state index in [0.717, 1.165) is 27.8 Å². The van der Waals surface area contributed by atoms with Gasteiger partial charge in [0, 0.05) is 28.3 Å². The van der Waals surface area contributed by atoms with Gasteiger partial charge in [0.15, 0.2) is 0 Å². The first kappa shape index (κ1) is 22.7. The molecule has 3 rings (SSSR count). The molecule has 1 saturated carbocycles. The number of unbranched alkanes of at least 4 members (excludes halogenated alkanes) is 1.